The maximum atomic E-state index is 12.7. The Labute approximate surface area is 141 Å². The van der Waals surface area contributed by atoms with Crippen LogP contribution in [0.3, 0.4) is 0 Å². The standard InChI is InChI=1S/C18H17NO4S/c1-13(2)19-12-16(23-18(20)14-8-4-3-5-9-14)15-10-6-7-11-17(15)24(19,21)22/h3-13H,1-2H3. The van der Waals surface area contributed by atoms with E-state index in [1.165, 1.54) is 16.6 Å². The number of nitrogens with zero attached hydrogens (tertiary/aromatic N) is 1. The molecule has 124 valence electrons. The van der Waals surface area contributed by atoms with Gasteiger partial charge in [0.1, 0.15) is 0 Å². The number of esters is 1. The summed E-state index contributed by atoms with van der Waals surface area (Å²) in [6, 6.07) is 14.8. The van der Waals surface area contributed by atoms with Crippen LogP contribution in [0.4, 0.5) is 0 Å². The average molecular weight is 343 g/mol. The van der Waals surface area contributed by atoms with Gasteiger partial charge < -0.3 is 4.74 Å². The summed E-state index contributed by atoms with van der Waals surface area (Å²) in [5.74, 6) is -0.303. The average Bonchev–Trinajstić information content (AvgIpc) is 2.58. The Morgan fingerprint density at radius 2 is 1.62 bits per heavy atom. The maximum absolute atomic E-state index is 12.7. The highest BCUT2D eigenvalue weighted by Crippen LogP contribution is 2.34. The first-order valence-electron chi connectivity index (χ1n) is 7.53. The van der Waals surface area contributed by atoms with E-state index in [2.05, 4.69) is 0 Å². The van der Waals surface area contributed by atoms with Gasteiger partial charge in [-0.05, 0) is 38.1 Å². The first-order chi connectivity index (χ1) is 11.4. The second-order valence-electron chi connectivity index (χ2n) is 5.67. The fraction of sp³-hybridized carbons (Fsp3) is 0.167. The van der Waals surface area contributed by atoms with Crippen molar-refractivity contribution in [2.75, 3.05) is 0 Å². The highest BCUT2D eigenvalue weighted by molar-refractivity contribution is 7.89. The molecule has 2 aromatic carbocycles. The number of carbonyl (C=O) groups is 1. The van der Waals surface area contributed by atoms with Crippen molar-refractivity contribution in [1.29, 1.82) is 0 Å². The molecule has 0 aliphatic carbocycles. The lowest BCUT2D eigenvalue weighted by atomic mass is 10.2. The lowest BCUT2D eigenvalue weighted by Crippen LogP contribution is -2.35. The van der Waals surface area contributed by atoms with Gasteiger partial charge in [0.05, 0.1) is 16.7 Å². The van der Waals surface area contributed by atoms with Crippen molar-refractivity contribution in [3.63, 3.8) is 0 Å². The zero-order valence-electron chi connectivity index (χ0n) is 13.3. The molecule has 0 atom stereocenters. The summed E-state index contributed by atoms with van der Waals surface area (Å²) in [6.45, 7) is 3.53. The maximum Gasteiger partial charge on any atom is 0.343 e. The molecule has 0 amide bonds. The van der Waals surface area contributed by atoms with E-state index in [9.17, 15) is 13.2 Å². The molecule has 0 bridgehead atoms. The third-order valence-corrected chi connectivity index (χ3v) is 5.67. The third-order valence-electron chi connectivity index (χ3n) is 3.67. The molecule has 2 aromatic rings. The predicted molar refractivity (Wildman–Crippen MR) is 90.4 cm³/mol. The summed E-state index contributed by atoms with van der Waals surface area (Å²) in [7, 11) is -3.65. The minimum Gasteiger partial charge on any atom is -0.421 e. The van der Waals surface area contributed by atoms with E-state index in [1.807, 2.05) is 0 Å². The molecule has 0 spiro atoms. The molecule has 0 radical (unpaired) electrons. The van der Waals surface area contributed by atoms with Crippen molar-refractivity contribution in [1.82, 2.24) is 4.31 Å². The van der Waals surface area contributed by atoms with Crippen molar-refractivity contribution in [2.45, 2.75) is 24.8 Å². The van der Waals surface area contributed by atoms with Gasteiger partial charge in [-0.3, -0.25) is 4.31 Å². The van der Waals surface area contributed by atoms with Gasteiger partial charge in [-0.1, -0.05) is 30.3 Å². The Morgan fingerprint density at radius 3 is 2.29 bits per heavy atom. The van der Waals surface area contributed by atoms with Crippen LogP contribution in [-0.4, -0.2) is 24.7 Å². The lowest BCUT2D eigenvalue weighted by Gasteiger charge is -2.30. The Kier molecular flexibility index (Phi) is 4.15. The fourth-order valence-electron chi connectivity index (χ4n) is 2.50. The molecule has 3 rings (SSSR count). The van der Waals surface area contributed by atoms with E-state index in [0.29, 0.717) is 11.1 Å². The van der Waals surface area contributed by atoms with E-state index in [1.54, 1.807) is 62.4 Å². The molecular formula is C18H17NO4S. The fourth-order valence-corrected chi connectivity index (χ4v) is 4.22. The number of rotatable bonds is 3. The molecular weight excluding hydrogens is 326 g/mol. The SMILES string of the molecule is CC(C)N1C=C(OC(=O)c2ccccc2)c2ccccc2S1(=O)=O. The van der Waals surface area contributed by atoms with Crippen LogP contribution < -0.4 is 0 Å². The van der Waals surface area contributed by atoms with E-state index >= 15 is 0 Å². The number of hydrogen-bond donors (Lipinski definition) is 0. The summed E-state index contributed by atoms with van der Waals surface area (Å²) in [5, 5.41) is 0. The monoisotopic (exact) mass is 343 g/mol. The second-order valence-corrected chi connectivity index (χ2v) is 7.49. The molecule has 0 unspecified atom stereocenters. The first-order valence-corrected chi connectivity index (χ1v) is 8.97. The highest BCUT2D eigenvalue weighted by Gasteiger charge is 2.34. The van der Waals surface area contributed by atoms with Crippen LogP contribution in [0.1, 0.15) is 29.8 Å². The number of sulfonamides is 1. The van der Waals surface area contributed by atoms with Gasteiger partial charge in [-0.15, -0.1) is 0 Å². The Balaban J connectivity index is 2.05. The van der Waals surface area contributed by atoms with Crippen molar-refractivity contribution in [3.8, 4) is 0 Å². The van der Waals surface area contributed by atoms with Crippen LogP contribution >= 0.6 is 0 Å². The number of fused-ring (bicyclic) bond motifs is 1. The number of hydrogen-bond acceptors (Lipinski definition) is 4. The molecule has 0 saturated heterocycles. The topological polar surface area (TPSA) is 63.7 Å². The van der Waals surface area contributed by atoms with Gasteiger partial charge in [0.25, 0.3) is 10.0 Å². The Bertz CT molecular complexity index is 902. The Morgan fingerprint density at radius 1 is 1.00 bits per heavy atom. The van der Waals surface area contributed by atoms with Gasteiger partial charge in [0.15, 0.2) is 5.76 Å². The number of ether oxygens (including phenoxy) is 1. The van der Waals surface area contributed by atoms with Gasteiger partial charge in [-0.2, -0.15) is 0 Å². The van der Waals surface area contributed by atoms with Gasteiger partial charge in [0.2, 0.25) is 0 Å². The molecule has 1 aliphatic rings. The molecule has 0 aromatic heterocycles. The number of carbonyl (C=O) groups excluding carboxylic acids is 1. The van der Waals surface area contributed by atoms with Crippen LogP contribution in [-0.2, 0) is 14.8 Å². The minimum absolute atomic E-state index is 0.136. The van der Waals surface area contributed by atoms with Crippen LogP contribution in [0, 0.1) is 0 Å². The lowest BCUT2D eigenvalue weighted by molar-refractivity contribution is 0.0688. The summed E-state index contributed by atoms with van der Waals surface area (Å²) < 4.78 is 32.1. The zero-order valence-corrected chi connectivity index (χ0v) is 14.2. The molecule has 6 heteroatoms. The van der Waals surface area contributed by atoms with Crippen molar-refractivity contribution >= 4 is 21.8 Å². The number of benzene rings is 2. The van der Waals surface area contributed by atoms with Crippen LogP contribution in [0.5, 0.6) is 0 Å². The third kappa shape index (κ3) is 2.80. The normalized spacial score (nSPS) is 15.6. The molecule has 1 aliphatic heterocycles. The van der Waals surface area contributed by atoms with E-state index < -0.39 is 16.0 Å². The van der Waals surface area contributed by atoms with E-state index in [4.69, 9.17) is 4.74 Å². The van der Waals surface area contributed by atoms with Crippen molar-refractivity contribution < 1.29 is 17.9 Å². The smallest absolute Gasteiger partial charge is 0.343 e. The zero-order chi connectivity index (χ0) is 17.3. The molecule has 5 nitrogen and oxygen atoms in total. The van der Waals surface area contributed by atoms with Crippen LogP contribution in [0.25, 0.3) is 5.76 Å². The summed E-state index contributed by atoms with van der Waals surface area (Å²) >= 11 is 0. The van der Waals surface area contributed by atoms with Crippen LogP contribution in [0.15, 0.2) is 65.7 Å². The molecule has 0 fully saturated rings. The summed E-state index contributed by atoms with van der Waals surface area (Å²) in [4.78, 5) is 12.5. The largest absolute Gasteiger partial charge is 0.421 e. The molecule has 0 saturated carbocycles. The Hall–Kier alpha value is -2.60. The summed E-state index contributed by atoms with van der Waals surface area (Å²) in [5.41, 5.74) is 0.791. The van der Waals surface area contributed by atoms with E-state index in [0.717, 1.165) is 0 Å². The predicted octanol–water partition coefficient (Wildman–Crippen LogP) is 3.25. The molecule has 24 heavy (non-hydrogen) atoms. The minimum atomic E-state index is -3.65. The van der Waals surface area contributed by atoms with Gasteiger partial charge >= 0.3 is 5.97 Å². The second kappa shape index (κ2) is 6.13. The molecule has 1 heterocycles. The van der Waals surface area contributed by atoms with E-state index in [-0.39, 0.29) is 16.7 Å². The van der Waals surface area contributed by atoms with Gasteiger partial charge in [-0.25, -0.2) is 13.2 Å². The quantitative estimate of drug-likeness (QED) is 0.803. The van der Waals surface area contributed by atoms with Gasteiger partial charge in [0, 0.05) is 11.6 Å². The van der Waals surface area contributed by atoms with Crippen LogP contribution in [0.2, 0.25) is 0 Å². The molecule has 0 N–H and O–H groups in total. The van der Waals surface area contributed by atoms with Crippen molar-refractivity contribution in [3.05, 3.63) is 71.9 Å². The first kappa shape index (κ1) is 16.3. The van der Waals surface area contributed by atoms with Crippen molar-refractivity contribution in [2.24, 2.45) is 0 Å². The highest BCUT2D eigenvalue weighted by atomic mass is 32.2. The summed E-state index contributed by atoms with van der Waals surface area (Å²) in [6.07, 6.45) is 1.38.